The fourth-order valence-corrected chi connectivity index (χ4v) is 5.24. The number of fused-ring (bicyclic) bond motifs is 2. The maximum atomic E-state index is 13.8. The molecular formula is C13H30FN9O8P2. The van der Waals surface area contributed by atoms with E-state index in [-0.39, 0.29) is 54.4 Å². The van der Waals surface area contributed by atoms with Crippen molar-refractivity contribution >= 4 is 32.6 Å². The molecule has 20 heteroatoms. The van der Waals surface area contributed by atoms with E-state index >= 15 is 0 Å². The minimum atomic E-state index is -5.41. The van der Waals surface area contributed by atoms with Gasteiger partial charge in [0.1, 0.15) is 0 Å². The van der Waals surface area contributed by atoms with Crippen LogP contribution in [0.3, 0.4) is 0 Å². The van der Waals surface area contributed by atoms with Gasteiger partial charge in [0.15, 0.2) is 17.0 Å². The average molecular weight is 521 g/mol. The number of phosphoric acid groups is 2. The summed E-state index contributed by atoms with van der Waals surface area (Å²) in [5.41, 5.74) is -0.768. The average Bonchev–Trinajstić information content (AvgIpc) is 3.07. The molecule has 17 nitrogen and oxygen atoms in total. The van der Waals surface area contributed by atoms with Crippen LogP contribution in [0.1, 0.15) is 18.9 Å². The molecule has 0 amide bonds. The van der Waals surface area contributed by atoms with Crippen LogP contribution in [0, 0.1) is 17.4 Å². The van der Waals surface area contributed by atoms with Crippen molar-refractivity contribution in [2.75, 3.05) is 19.0 Å². The second-order valence-corrected chi connectivity index (χ2v) is 9.28. The molecule has 0 bridgehead atoms. The molecular weight excluding hydrogens is 491 g/mol. The van der Waals surface area contributed by atoms with Crippen LogP contribution in [0.25, 0.3) is 11.2 Å². The minimum Gasteiger partial charge on any atom is -0.790 e. The number of hydrogen-bond acceptors (Lipinski definition) is 12. The molecule has 2 aliphatic carbocycles. The van der Waals surface area contributed by atoms with E-state index in [1.807, 2.05) is 0 Å². The van der Waals surface area contributed by atoms with Gasteiger partial charge in [0.2, 0.25) is 0 Å². The Morgan fingerprint density at radius 1 is 1.18 bits per heavy atom. The molecule has 2 saturated carbocycles. The first-order chi connectivity index (χ1) is 13.4. The fourth-order valence-electron chi connectivity index (χ4n) is 4.23. The van der Waals surface area contributed by atoms with Gasteiger partial charge in [0.05, 0.1) is 34.7 Å². The van der Waals surface area contributed by atoms with Crippen LogP contribution in [-0.2, 0) is 18.2 Å². The van der Waals surface area contributed by atoms with Gasteiger partial charge in [-0.1, -0.05) is 0 Å². The summed E-state index contributed by atoms with van der Waals surface area (Å²) in [6, 6.07) is -0.545. The van der Waals surface area contributed by atoms with Crippen LogP contribution < -0.4 is 49.5 Å². The molecule has 0 aliphatic heterocycles. The SMILES string of the molecule is CNc1nc(F)nc2c1ncn2[C@H]1C[C@H](OP(=O)([O-])[O-])[C@@]2(COP(=O)([O-])[O-])C[C@H]12.[NH4+].[NH4+].[NH4+].[NH4+]. The highest BCUT2D eigenvalue weighted by Crippen LogP contribution is 2.70. The van der Waals surface area contributed by atoms with E-state index < -0.39 is 51.8 Å². The molecule has 0 radical (unpaired) electrons. The van der Waals surface area contributed by atoms with Gasteiger partial charge in [-0.05, 0) is 18.8 Å². The van der Waals surface area contributed by atoms with Crippen molar-refractivity contribution in [3.8, 4) is 0 Å². The van der Waals surface area contributed by atoms with Crippen molar-refractivity contribution in [2.45, 2.75) is 25.0 Å². The van der Waals surface area contributed by atoms with Crippen molar-refractivity contribution in [2.24, 2.45) is 11.3 Å². The summed E-state index contributed by atoms with van der Waals surface area (Å²) >= 11 is 0. The Labute approximate surface area is 187 Å². The van der Waals surface area contributed by atoms with Crippen molar-refractivity contribution in [1.82, 2.24) is 44.1 Å². The van der Waals surface area contributed by atoms with Crippen LogP contribution in [0.4, 0.5) is 10.2 Å². The van der Waals surface area contributed by atoms with E-state index in [1.165, 1.54) is 17.9 Å². The number of quaternary nitrogens is 4. The molecule has 4 atom stereocenters. The quantitative estimate of drug-likeness (QED) is 0.228. The fraction of sp³-hybridized carbons (Fsp3) is 0.615. The zero-order valence-corrected chi connectivity index (χ0v) is 20.5. The summed E-state index contributed by atoms with van der Waals surface area (Å²) in [5, 5.41) is 2.69. The number of rotatable bonds is 7. The van der Waals surface area contributed by atoms with Gasteiger partial charge in [-0.3, -0.25) is 0 Å². The number of anilines is 1. The highest BCUT2D eigenvalue weighted by Gasteiger charge is 2.68. The number of imidazole rings is 1. The molecule has 0 saturated heterocycles. The molecule has 0 aromatic carbocycles. The van der Waals surface area contributed by atoms with Gasteiger partial charge in [0, 0.05) is 18.5 Å². The van der Waals surface area contributed by atoms with Crippen molar-refractivity contribution in [1.29, 1.82) is 0 Å². The number of nitrogens with one attached hydrogen (secondary N) is 1. The summed E-state index contributed by atoms with van der Waals surface area (Å²) in [5.74, 6) is -0.260. The Bertz CT molecular complexity index is 1060. The highest BCUT2D eigenvalue weighted by molar-refractivity contribution is 7.43. The lowest BCUT2D eigenvalue weighted by Gasteiger charge is -2.37. The van der Waals surface area contributed by atoms with Gasteiger partial charge >= 0.3 is 6.08 Å². The second kappa shape index (κ2) is 10.3. The molecule has 0 unspecified atom stereocenters. The lowest BCUT2D eigenvalue weighted by molar-refractivity contribution is -0.347. The van der Waals surface area contributed by atoms with Gasteiger partial charge in [-0.2, -0.15) is 14.4 Å². The maximum Gasteiger partial charge on any atom is 0.312 e. The molecule has 4 rings (SSSR count). The topological polar surface area (TPSA) is 346 Å². The molecule has 2 aromatic heterocycles. The zero-order valence-electron chi connectivity index (χ0n) is 18.8. The Morgan fingerprint density at radius 3 is 2.36 bits per heavy atom. The standard InChI is InChI=1S/C13H18FN5O8P2.4H3N/c1-15-10-9-11(18-12(14)17-10)19(5-16-9)7-2-8(27-29(23,24)25)13(3-6(7)13)4-26-28(20,21)22;;;;/h5-8H,2-4H2,1H3,(H,15,17,18)(H2,20,21,22)(H2,23,24,25);4*1H3/t6-,7+,8+,13-;;;;/m1..../s1. The highest BCUT2D eigenvalue weighted by atomic mass is 31.2. The zero-order chi connectivity index (χ0) is 21.2. The summed E-state index contributed by atoms with van der Waals surface area (Å²) in [7, 11) is -9.21. The predicted molar refractivity (Wildman–Crippen MR) is 109 cm³/mol. The molecule has 0 spiro atoms. The van der Waals surface area contributed by atoms with Gasteiger partial charge in [0.25, 0.3) is 0 Å². The van der Waals surface area contributed by atoms with E-state index in [9.17, 15) is 33.1 Å². The predicted octanol–water partition coefficient (Wildman–Crippen LogP) is -0.478. The molecule has 17 N–H and O–H groups in total. The molecule has 2 heterocycles. The maximum absolute atomic E-state index is 13.8. The number of aromatic nitrogens is 4. The number of phosphoric ester groups is 2. The molecule has 33 heavy (non-hydrogen) atoms. The lowest BCUT2D eigenvalue weighted by atomic mass is 10.0. The third-order valence-corrected chi connectivity index (χ3v) is 6.43. The van der Waals surface area contributed by atoms with E-state index in [0.717, 1.165) is 0 Å². The Morgan fingerprint density at radius 2 is 1.82 bits per heavy atom. The first-order valence-electron chi connectivity index (χ1n) is 8.38. The minimum absolute atomic E-state index is 0. The third-order valence-electron chi connectivity index (χ3n) is 5.48. The molecule has 192 valence electrons. The van der Waals surface area contributed by atoms with Crippen LogP contribution in [-0.4, -0.2) is 39.3 Å². The van der Waals surface area contributed by atoms with E-state index in [2.05, 4.69) is 29.3 Å². The Kier molecular flexibility index (Phi) is 9.79. The first-order valence-corrected chi connectivity index (χ1v) is 11.3. The summed E-state index contributed by atoms with van der Waals surface area (Å²) < 4.78 is 46.3. The number of nitrogens with zero attached hydrogens (tertiary/aromatic N) is 4. The Balaban J connectivity index is 0.00000256. The number of halogens is 1. The van der Waals surface area contributed by atoms with Crippen LogP contribution in [0.2, 0.25) is 0 Å². The molecule has 2 fully saturated rings. The van der Waals surface area contributed by atoms with Crippen LogP contribution >= 0.6 is 15.6 Å². The summed E-state index contributed by atoms with van der Waals surface area (Å²) in [6.45, 7) is -0.624. The summed E-state index contributed by atoms with van der Waals surface area (Å²) in [6.07, 6.45) is -0.665. The van der Waals surface area contributed by atoms with Crippen molar-refractivity contribution in [3.63, 3.8) is 0 Å². The molecule has 2 aromatic rings. The normalized spacial score (nSPS) is 25.7. The van der Waals surface area contributed by atoms with Crippen molar-refractivity contribution in [3.05, 3.63) is 12.4 Å². The smallest absolute Gasteiger partial charge is 0.312 e. The molecule has 2 aliphatic rings. The van der Waals surface area contributed by atoms with E-state index in [1.54, 1.807) is 0 Å². The monoisotopic (exact) mass is 521 g/mol. The third kappa shape index (κ3) is 5.89. The van der Waals surface area contributed by atoms with E-state index in [4.69, 9.17) is 0 Å². The number of hydrogen-bond donors (Lipinski definition) is 5. The Hall–Kier alpha value is -1.66. The van der Waals surface area contributed by atoms with Gasteiger partial charge in [-0.15, -0.1) is 0 Å². The first kappa shape index (κ1) is 31.3. The summed E-state index contributed by atoms with van der Waals surface area (Å²) in [4.78, 5) is 55.6. The van der Waals surface area contributed by atoms with Crippen LogP contribution in [0.15, 0.2) is 6.33 Å². The second-order valence-electron chi connectivity index (χ2n) is 7.02. The van der Waals surface area contributed by atoms with E-state index in [0.29, 0.717) is 0 Å². The largest absolute Gasteiger partial charge is 0.790 e. The van der Waals surface area contributed by atoms with Crippen molar-refractivity contribution < 1.29 is 42.1 Å². The lowest BCUT2D eigenvalue weighted by Crippen LogP contribution is -2.32. The van der Waals surface area contributed by atoms with Gasteiger partial charge in [-0.25, -0.2) is 4.98 Å². The van der Waals surface area contributed by atoms with Gasteiger partial charge < -0.3 is 72.2 Å². The van der Waals surface area contributed by atoms with Crippen LogP contribution in [0.5, 0.6) is 0 Å².